The third kappa shape index (κ3) is 13.7. The van der Waals surface area contributed by atoms with Gasteiger partial charge < -0.3 is 5.32 Å². The van der Waals surface area contributed by atoms with Crippen LogP contribution in [-0.2, 0) is 0 Å². The Kier molecular flexibility index (Phi) is 7.76. The summed E-state index contributed by atoms with van der Waals surface area (Å²) in [6, 6.07) is 0. The Morgan fingerprint density at radius 1 is 1.07 bits per heavy atom. The predicted molar refractivity (Wildman–Crippen MR) is 70.2 cm³/mol. The summed E-state index contributed by atoms with van der Waals surface area (Å²) >= 11 is 0. The summed E-state index contributed by atoms with van der Waals surface area (Å²) in [5, 5.41) is 3.44. The summed E-state index contributed by atoms with van der Waals surface area (Å²) in [4.78, 5) is 0. The molecule has 0 aromatic carbocycles. The lowest BCUT2D eigenvalue weighted by molar-refractivity contribution is 0.381. The smallest absolute Gasteiger partial charge is 0.00142 e. The highest BCUT2D eigenvalue weighted by Gasteiger charge is 2.07. The van der Waals surface area contributed by atoms with Gasteiger partial charge in [0.25, 0.3) is 0 Å². The largest absolute Gasteiger partial charge is 0.316 e. The van der Waals surface area contributed by atoms with Crippen molar-refractivity contribution in [3.05, 3.63) is 12.2 Å². The van der Waals surface area contributed by atoms with Crippen LogP contribution in [0, 0.1) is 11.3 Å². The van der Waals surface area contributed by atoms with E-state index in [1.807, 2.05) is 0 Å². The fraction of sp³-hybridized carbons (Fsp3) is 0.857. The van der Waals surface area contributed by atoms with Crippen LogP contribution in [0.1, 0.15) is 53.9 Å². The van der Waals surface area contributed by atoms with Gasteiger partial charge in [-0.2, -0.15) is 0 Å². The molecule has 90 valence electrons. The molecule has 0 heterocycles. The van der Waals surface area contributed by atoms with Crippen LogP contribution >= 0.6 is 0 Å². The van der Waals surface area contributed by atoms with E-state index in [2.05, 4.69) is 52.1 Å². The van der Waals surface area contributed by atoms with Gasteiger partial charge in [-0.1, -0.05) is 46.8 Å². The summed E-state index contributed by atoms with van der Waals surface area (Å²) < 4.78 is 0. The van der Waals surface area contributed by atoms with Crippen LogP contribution in [0.15, 0.2) is 12.2 Å². The van der Waals surface area contributed by atoms with Crippen molar-refractivity contribution in [3.63, 3.8) is 0 Å². The average molecular weight is 211 g/mol. The van der Waals surface area contributed by atoms with Gasteiger partial charge in [-0.05, 0) is 43.7 Å². The van der Waals surface area contributed by atoms with E-state index in [0.717, 1.165) is 25.4 Å². The molecular weight excluding hydrogens is 182 g/mol. The zero-order chi connectivity index (χ0) is 11.7. The third-order valence-electron chi connectivity index (χ3n) is 2.27. The molecule has 0 aliphatic carbocycles. The first kappa shape index (κ1) is 14.7. The quantitative estimate of drug-likeness (QED) is 0.496. The minimum atomic E-state index is 0.472. The Balaban J connectivity index is 3.25. The Morgan fingerprint density at radius 2 is 1.67 bits per heavy atom. The Labute approximate surface area is 96.3 Å². The van der Waals surface area contributed by atoms with Crippen molar-refractivity contribution in [1.82, 2.24) is 5.32 Å². The summed E-state index contributed by atoms with van der Waals surface area (Å²) in [5.41, 5.74) is 0.472. The van der Waals surface area contributed by atoms with E-state index in [4.69, 9.17) is 0 Å². The third-order valence-corrected chi connectivity index (χ3v) is 2.27. The standard InChI is InChI=1S/C14H29N/c1-13(2)12-15-11-9-7-6-8-10-14(3,4)5/h6-7,13,15H,8-12H2,1-5H3. The molecule has 15 heavy (non-hydrogen) atoms. The summed E-state index contributed by atoms with van der Waals surface area (Å²) in [5.74, 6) is 0.759. The monoisotopic (exact) mass is 211 g/mol. The molecule has 0 aromatic heterocycles. The first-order valence-corrected chi connectivity index (χ1v) is 6.27. The Hall–Kier alpha value is -0.300. The van der Waals surface area contributed by atoms with Crippen LogP contribution in [-0.4, -0.2) is 13.1 Å². The van der Waals surface area contributed by atoms with Gasteiger partial charge in [-0.3, -0.25) is 0 Å². The lowest BCUT2D eigenvalue weighted by atomic mass is 9.90. The molecule has 0 aliphatic rings. The van der Waals surface area contributed by atoms with E-state index < -0.39 is 0 Å². The number of hydrogen-bond donors (Lipinski definition) is 1. The van der Waals surface area contributed by atoms with Crippen molar-refractivity contribution in [2.45, 2.75) is 53.9 Å². The Bertz CT molecular complexity index is 163. The second kappa shape index (κ2) is 7.92. The van der Waals surface area contributed by atoms with Gasteiger partial charge in [-0.25, -0.2) is 0 Å². The van der Waals surface area contributed by atoms with Crippen LogP contribution < -0.4 is 5.32 Å². The maximum Gasteiger partial charge on any atom is -0.00142 e. The summed E-state index contributed by atoms with van der Waals surface area (Å²) in [7, 11) is 0. The lowest BCUT2D eigenvalue weighted by Gasteiger charge is -2.15. The normalized spacial score (nSPS) is 12.9. The summed E-state index contributed by atoms with van der Waals surface area (Å²) in [6.07, 6.45) is 8.29. The van der Waals surface area contributed by atoms with Gasteiger partial charge in [0.2, 0.25) is 0 Å². The van der Waals surface area contributed by atoms with E-state index >= 15 is 0 Å². The molecule has 0 saturated heterocycles. The van der Waals surface area contributed by atoms with Crippen molar-refractivity contribution >= 4 is 0 Å². The molecule has 0 aliphatic heterocycles. The van der Waals surface area contributed by atoms with Crippen LogP contribution in [0.25, 0.3) is 0 Å². The second-order valence-electron chi connectivity index (χ2n) is 5.96. The fourth-order valence-electron chi connectivity index (χ4n) is 1.33. The van der Waals surface area contributed by atoms with Crippen molar-refractivity contribution < 1.29 is 0 Å². The fourth-order valence-corrected chi connectivity index (χ4v) is 1.33. The van der Waals surface area contributed by atoms with Crippen LogP contribution in [0.4, 0.5) is 0 Å². The van der Waals surface area contributed by atoms with Gasteiger partial charge in [0, 0.05) is 0 Å². The molecule has 0 radical (unpaired) electrons. The molecule has 0 unspecified atom stereocenters. The molecule has 0 bridgehead atoms. The van der Waals surface area contributed by atoms with Gasteiger partial charge in [-0.15, -0.1) is 0 Å². The highest BCUT2D eigenvalue weighted by Crippen LogP contribution is 2.20. The SMILES string of the molecule is CC(C)CNCCC=CCCC(C)(C)C. The molecule has 0 fully saturated rings. The van der Waals surface area contributed by atoms with E-state index in [1.165, 1.54) is 12.8 Å². The predicted octanol–water partition coefficient (Wildman–Crippen LogP) is 4.00. The second-order valence-corrected chi connectivity index (χ2v) is 5.96. The molecular formula is C14H29N. The van der Waals surface area contributed by atoms with E-state index in [1.54, 1.807) is 0 Å². The molecule has 0 rings (SSSR count). The van der Waals surface area contributed by atoms with Gasteiger partial charge in [0.1, 0.15) is 0 Å². The number of rotatable bonds is 7. The van der Waals surface area contributed by atoms with Crippen molar-refractivity contribution in [2.24, 2.45) is 11.3 Å². The minimum Gasteiger partial charge on any atom is -0.316 e. The van der Waals surface area contributed by atoms with Crippen molar-refractivity contribution in [2.75, 3.05) is 13.1 Å². The lowest BCUT2D eigenvalue weighted by Crippen LogP contribution is -2.20. The number of allylic oxidation sites excluding steroid dienone is 1. The highest BCUT2D eigenvalue weighted by atomic mass is 14.8. The topological polar surface area (TPSA) is 12.0 Å². The Morgan fingerprint density at radius 3 is 2.20 bits per heavy atom. The van der Waals surface area contributed by atoms with E-state index in [-0.39, 0.29) is 0 Å². The van der Waals surface area contributed by atoms with Crippen LogP contribution in [0.2, 0.25) is 0 Å². The first-order valence-electron chi connectivity index (χ1n) is 6.27. The van der Waals surface area contributed by atoms with Crippen LogP contribution in [0.5, 0.6) is 0 Å². The summed E-state index contributed by atoms with van der Waals surface area (Å²) in [6.45, 7) is 13.6. The van der Waals surface area contributed by atoms with Crippen molar-refractivity contribution in [3.8, 4) is 0 Å². The zero-order valence-electron chi connectivity index (χ0n) is 11.3. The molecule has 1 nitrogen and oxygen atoms in total. The number of nitrogens with one attached hydrogen (secondary N) is 1. The molecule has 0 saturated carbocycles. The zero-order valence-corrected chi connectivity index (χ0v) is 11.3. The maximum atomic E-state index is 3.44. The molecule has 0 amide bonds. The minimum absolute atomic E-state index is 0.472. The molecule has 0 aromatic rings. The molecule has 0 spiro atoms. The van der Waals surface area contributed by atoms with Crippen LogP contribution in [0.3, 0.4) is 0 Å². The molecule has 0 atom stereocenters. The van der Waals surface area contributed by atoms with E-state index in [0.29, 0.717) is 5.41 Å². The van der Waals surface area contributed by atoms with Gasteiger partial charge in [0.05, 0.1) is 0 Å². The average Bonchev–Trinajstić information content (AvgIpc) is 2.07. The maximum absolute atomic E-state index is 3.44. The van der Waals surface area contributed by atoms with Gasteiger partial charge in [0.15, 0.2) is 0 Å². The highest BCUT2D eigenvalue weighted by molar-refractivity contribution is 4.83. The molecule has 1 N–H and O–H groups in total. The number of hydrogen-bond acceptors (Lipinski definition) is 1. The first-order chi connectivity index (χ1) is 6.92. The van der Waals surface area contributed by atoms with Crippen molar-refractivity contribution in [1.29, 1.82) is 0 Å². The van der Waals surface area contributed by atoms with Gasteiger partial charge >= 0.3 is 0 Å². The molecule has 1 heteroatoms. The van der Waals surface area contributed by atoms with E-state index in [9.17, 15) is 0 Å².